The number of amides is 1. The first-order chi connectivity index (χ1) is 15.4. The third kappa shape index (κ3) is 3.79. The van der Waals surface area contributed by atoms with Crippen molar-refractivity contribution in [1.82, 2.24) is 15.3 Å². The van der Waals surface area contributed by atoms with Crippen LogP contribution in [0.15, 0.2) is 72.8 Å². The van der Waals surface area contributed by atoms with E-state index < -0.39 is 24.1 Å². The Balaban J connectivity index is 1.46. The molecule has 0 fully saturated rings. The maximum atomic E-state index is 13.1. The normalized spacial score (nSPS) is 16.4. The minimum Gasteiger partial charge on any atom is -0.480 e. The number of rotatable bonds is 4. The molecule has 0 bridgehead atoms. The molecule has 1 aliphatic rings. The van der Waals surface area contributed by atoms with Gasteiger partial charge in [-0.15, -0.1) is 0 Å². The van der Waals surface area contributed by atoms with Gasteiger partial charge in [-0.3, -0.25) is 4.79 Å². The minimum atomic E-state index is -4.57. The highest BCUT2D eigenvalue weighted by atomic mass is 19.4. The second-order valence-electron chi connectivity index (χ2n) is 7.63. The van der Waals surface area contributed by atoms with Crippen molar-refractivity contribution >= 4 is 16.9 Å². The fraction of sp³-hybridized carbons (Fsp3) is 0.167. The number of nitrogens with zero attached hydrogens (tertiary/aromatic N) is 1. The van der Waals surface area contributed by atoms with Gasteiger partial charge in [0.25, 0.3) is 5.91 Å². The standard InChI is InChI=1S/C24H18F3N3O2/c25-24(26,27)23-28-17-11-10-16(12-18(17)29-23)21(14-6-2-1-3-7-14)30-22(31)20-13-15-8-4-5-9-19(15)32-20/h1-12,20-21H,13H2,(H,28,29)(H,30,31)/t20-,21-/m1/s1. The molecule has 0 saturated carbocycles. The van der Waals surface area contributed by atoms with Crippen LogP contribution in [-0.2, 0) is 17.4 Å². The molecule has 2 heterocycles. The Morgan fingerprint density at radius 2 is 1.78 bits per heavy atom. The van der Waals surface area contributed by atoms with E-state index >= 15 is 0 Å². The lowest BCUT2D eigenvalue weighted by Crippen LogP contribution is -2.40. The summed E-state index contributed by atoms with van der Waals surface area (Å²) in [6.07, 6.45) is -4.79. The van der Waals surface area contributed by atoms with E-state index in [1.165, 1.54) is 6.07 Å². The maximum Gasteiger partial charge on any atom is 0.449 e. The molecule has 8 heteroatoms. The lowest BCUT2D eigenvalue weighted by Gasteiger charge is -2.22. The first-order valence-electron chi connectivity index (χ1n) is 10.1. The average molecular weight is 437 g/mol. The molecule has 162 valence electrons. The Bertz CT molecular complexity index is 1260. The smallest absolute Gasteiger partial charge is 0.449 e. The molecule has 1 amide bonds. The summed E-state index contributed by atoms with van der Waals surface area (Å²) >= 11 is 0. The Morgan fingerprint density at radius 1 is 1.03 bits per heavy atom. The SMILES string of the molecule is O=C(N[C@H](c1ccccc1)c1ccc2nc(C(F)(F)F)[nH]c2c1)[C@H]1Cc2ccccc2O1. The molecule has 0 radical (unpaired) electrons. The van der Waals surface area contributed by atoms with Crippen LogP contribution in [0, 0.1) is 0 Å². The van der Waals surface area contributed by atoms with Crippen molar-refractivity contribution in [2.24, 2.45) is 0 Å². The Labute approximate surface area is 181 Å². The molecule has 5 rings (SSSR count). The Morgan fingerprint density at radius 3 is 2.53 bits per heavy atom. The first-order valence-corrected chi connectivity index (χ1v) is 10.1. The zero-order valence-electron chi connectivity index (χ0n) is 16.7. The molecule has 0 aliphatic carbocycles. The third-order valence-electron chi connectivity index (χ3n) is 5.47. The number of aromatic amines is 1. The van der Waals surface area contributed by atoms with Crippen molar-refractivity contribution in [2.75, 3.05) is 0 Å². The number of para-hydroxylation sites is 1. The number of nitrogens with one attached hydrogen (secondary N) is 2. The predicted molar refractivity (Wildman–Crippen MR) is 112 cm³/mol. The summed E-state index contributed by atoms with van der Waals surface area (Å²) in [6, 6.07) is 20.9. The Kier molecular flexibility index (Phi) is 4.84. The zero-order valence-corrected chi connectivity index (χ0v) is 16.7. The topological polar surface area (TPSA) is 67.0 Å². The van der Waals surface area contributed by atoms with E-state index in [1.807, 2.05) is 54.6 Å². The van der Waals surface area contributed by atoms with Crippen LogP contribution in [-0.4, -0.2) is 22.0 Å². The van der Waals surface area contributed by atoms with Crippen LogP contribution >= 0.6 is 0 Å². The number of H-pyrrole nitrogens is 1. The molecule has 32 heavy (non-hydrogen) atoms. The van der Waals surface area contributed by atoms with Crippen LogP contribution in [0.3, 0.4) is 0 Å². The van der Waals surface area contributed by atoms with Gasteiger partial charge in [0.1, 0.15) is 5.75 Å². The second-order valence-corrected chi connectivity index (χ2v) is 7.63. The summed E-state index contributed by atoms with van der Waals surface area (Å²) in [6.45, 7) is 0. The van der Waals surface area contributed by atoms with E-state index in [4.69, 9.17) is 4.74 Å². The molecule has 0 unspecified atom stereocenters. The molecular weight excluding hydrogens is 419 g/mol. The predicted octanol–water partition coefficient (Wildman–Crippen LogP) is 4.79. The van der Waals surface area contributed by atoms with E-state index in [1.54, 1.807) is 12.1 Å². The van der Waals surface area contributed by atoms with Crippen molar-refractivity contribution in [2.45, 2.75) is 24.7 Å². The molecule has 0 saturated heterocycles. The number of alkyl halides is 3. The van der Waals surface area contributed by atoms with Crippen molar-refractivity contribution < 1.29 is 22.7 Å². The van der Waals surface area contributed by atoms with Crippen LogP contribution < -0.4 is 10.1 Å². The quantitative estimate of drug-likeness (QED) is 0.482. The maximum absolute atomic E-state index is 13.1. The van der Waals surface area contributed by atoms with Crippen molar-refractivity contribution in [3.8, 4) is 5.75 Å². The highest BCUT2D eigenvalue weighted by Crippen LogP contribution is 2.32. The Hall–Kier alpha value is -3.81. The molecule has 1 aliphatic heterocycles. The van der Waals surface area contributed by atoms with E-state index in [2.05, 4.69) is 15.3 Å². The van der Waals surface area contributed by atoms with E-state index in [0.717, 1.165) is 11.1 Å². The molecule has 2 atom stereocenters. The molecule has 3 aromatic carbocycles. The number of imidazole rings is 1. The van der Waals surface area contributed by atoms with Crippen molar-refractivity contribution in [3.05, 3.63) is 95.3 Å². The van der Waals surface area contributed by atoms with Gasteiger partial charge in [-0.25, -0.2) is 4.98 Å². The first kappa shape index (κ1) is 20.1. The summed E-state index contributed by atoms with van der Waals surface area (Å²) in [5.41, 5.74) is 2.84. The van der Waals surface area contributed by atoms with Crippen molar-refractivity contribution in [3.63, 3.8) is 0 Å². The van der Waals surface area contributed by atoms with Gasteiger partial charge in [0.2, 0.25) is 5.82 Å². The number of carbonyl (C=O) groups excluding carboxylic acids is 1. The van der Waals surface area contributed by atoms with Gasteiger partial charge in [0.15, 0.2) is 6.10 Å². The van der Waals surface area contributed by atoms with Gasteiger partial charge in [0.05, 0.1) is 17.1 Å². The molecule has 2 N–H and O–H groups in total. The number of fused-ring (bicyclic) bond motifs is 2. The summed E-state index contributed by atoms with van der Waals surface area (Å²) in [5.74, 6) is -0.666. The van der Waals surface area contributed by atoms with Gasteiger partial charge in [-0.1, -0.05) is 54.6 Å². The number of halogens is 3. The number of carbonyl (C=O) groups is 1. The zero-order chi connectivity index (χ0) is 22.3. The molecule has 5 nitrogen and oxygen atoms in total. The monoisotopic (exact) mass is 437 g/mol. The van der Waals surface area contributed by atoms with Crippen LogP contribution in [0.1, 0.15) is 28.6 Å². The largest absolute Gasteiger partial charge is 0.480 e. The summed E-state index contributed by atoms with van der Waals surface area (Å²) in [7, 11) is 0. The summed E-state index contributed by atoms with van der Waals surface area (Å²) in [4.78, 5) is 19.0. The van der Waals surface area contributed by atoms with Gasteiger partial charge in [0, 0.05) is 6.42 Å². The van der Waals surface area contributed by atoms with Crippen LogP contribution in [0.25, 0.3) is 11.0 Å². The second kappa shape index (κ2) is 7.71. The van der Waals surface area contributed by atoms with Crippen LogP contribution in [0.4, 0.5) is 13.2 Å². The lowest BCUT2D eigenvalue weighted by molar-refractivity contribution is -0.144. The fourth-order valence-electron chi connectivity index (χ4n) is 3.91. The molecular formula is C24H18F3N3O2. The molecule has 1 aromatic heterocycles. The van der Waals surface area contributed by atoms with Gasteiger partial charge in [-0.05, 0) is 34.9 Å². The highest BCUT2D eigenvalue weighted by Gasteiger charge is 2.35. The van der Waals surface area contributed by atoms with E-state index in [-0.39, 0.29) is 16.9 Å². The highest BCUT2D eigenvalue weighted by molar-refractivity contribution is 5.84. The van der Waals surface area contributed by atoms with Crippen LogP contribution in [0.5, 0.6) is 5.75 Å². The number of aromatic nitrogens is 2. The van der Waals surface area contributed by atoms with E-state index in [0.29, 0.717) is 17.7 Å². The minimum absolute atomic E-state index is 0.203. The van der Waals surface area contributed by atoms with Crippen molar-refractivity contribution in [1.29, 1.82) is 0 Å². The average Bonchev–Trinajstić information content (AvgIpc) is 3.41. The summed E-state index contributed by atoms with van der Waals surface area (Å²) < 4.78 is 44.9. The van der Waals surface area contributed by atoms with E-state index in [9.17, 15) is 18.0 Å². The number of ether oxygens (including phenoxy) is 1. The van der Waals surface area contributed by atoms with Gasteiger partial charge >= 0.3 is 6.18 Å². The summed E-state index contributed by atoms with van der Waals surface area (Å²) in [5, 5.41) is 3.01. The lowest BCUT2D eigenvalue weighted by atomic mass is 9.97. The third-order valence-corrected chi connectivity index (χ3v) is 5.47. The molecule has 4 aromatic rings. The fourth-order valence-corrected chi connectivity index (χ4v) is 3.91. The number of hydrogen-bond acceptors (Lipinski definition) is 3. The molecule has 0 spiro atoms. The van der Waals surface area contributed by atoms with Gasteiger partial charge < -0.3 is 15.0 Å². The number of benzene rings is 3. The number of hydrogen-bond donors (Lipinski definition) is 2. The van der Waals surface area contributed by atoms with Gasteiger partial charge in [-0.2, -0.15) is 13.2 Å². The van der Waals surface area contributed by atoms with Crippen LogP contribution in [0.2, 0.25) is 0 Å².